The fourth-order valence-corrected chi connectivity index (χ4v) is 1.90. The first kappa shape index (κ1) is 14.3. The molecule has 3 nitrogen and oxygen atoms in total. The molecule has 3 heteroatoms. The van der Waals surface area contributed by atoms with Gasteiger partial charge < -0.3 is 5.32 Å². The van der Waals surface area contributed by atoms with Crippen LogP contribution in [0.4, 0.5) is 0 Å². The Morgan fingerprint density at radius 3 is 2.30 bits per heavy atom. The van der Waals surface area contributed by atoms with E-state index in [2.05, 4.69) is 10.3 Å². The van der Waals surface area contributed by atoms with Crippen LogP contribution in [0.5, 0.6) is 0 Å². The van der Waals surface area contributed by atoms with Crippen LogP contribution in [0.25, 0.3) is 11.3 Å². The topological polar surface area (TPSA) is 42.0 Å². The largest absolute Gasteiger partial charge is 0.347 e. The Kier molecular flexibility index (Phi) is 3.89. The van der Waals surface area contributed by atoms with E-state index in [1.165, 1.54) is 5.56 Å². The molecule has 0 aliphatic rings. The standard InChI is InChI=1S/C17H20N2O/c1-12-9-10-18-15(11-12)13-5-7-14(8-6-13)16(20)19-17(2,3)4/h5-11H,1-4H3,(H,19,20). The maximum atomic E-state index is 12.0. The first-order chi connectivity index (χ1) is 9.35. The highest BCUT2D eigenvalue weighted by Gasteiger charge is 2.15. The highest BCUT2D eigenvalue weighted by molar-refractivity contribution is 5.95. The van der Waals surface area contributed by atoms with Crippen LogP contribution in [-0.2, 0) is 0 Å². The number of aromatic nitrogens is 1. The van der Waals surface area contributed by atoms with Crippen LogP contribution in [0.2, 0.25) is 0 Å². The van der Waals surface area contributed by atoms with E-state index < -0.39 is 0 Å². The van der Waals surface area contributed by atoms with Gasteiger partial charge in [-0.1, -0.05) is 12.1 Å². The van der Waals surface area contributed by atoms with Gasteiger partial charge in [-0.2, -0.15) is 0 Å². The van der Waals surface area contributed by atoms with Crippen molar-refractivity contribution in [1.29, 1.82) is 0 Å². The van der Waals surface area contributed by atoms with Crippen molar-refractivity contribution < 1.29 is 4.79 Å². The van der Waals surface area contributed by atoms with Crippen LogP contribution >= 0.6 is 0 Å². The summed E-state index contributed by atoms with van der Waals surface area (Å²) in [5.41, 5.74) is 3.54. The molecule has 1 N–H and O–H groups in total. The smallest absolute Gasteiger partial charge is 0.251 e. The Morgan fingerprint density at radius 2 is 1.75 bits per heavy atom. The summed E-state index contributed by atoms with van der Waals surface area (Å²) in [6.45, 7) is 7.94. The lowest BCUT2D eigenvalue weighted by molar-refractivity contribution is 0.0919. The highest BCUT2D eigenvalue weighted by atomic mass is 16.1. The fourth-order valence-electron chi connectivity index (χ4n) is 1.90. The van der Waals surface area contributed by atoms with Crippen molar-refractivity contribution >= 4 is 5.91 Å². The van der Waals surface area contributed by atoms with Crippen LogP contribution in [-0.4, -0.2) is 16.4 Å². The fraction of sp³-hybridized carbons (Fsp3) is 0.294. The summed E-state index contributed by atoms with van der Waals surface area (Å²) in [6.07, 6.45) is 1.80. The van der Waals surface area contributed by atoms with Gasteiger partial charge in [-0.15, -0.1) is 0 Å². The molecule has 1 amide bonds. The first-order valence-electron chi connectivity index (χ1n) is 6.71. The summed E-state index contributed by atoms with van der Waals surface area (Å²) >= 11 is 0. The molecule has 1 heterocycles. The lowest BCUT2D eigenvalue weighted by atomic mass is 10.0. The molecule has 0 saturated heterocycles. The second-order valence-electron chi connectivity index (χ2n) is 6.00. The Bertz CT molecular complexity index is 610. The van der Waals surface area contributed by atoms with Gasteiger partial charge in [-0.3, -0.25) is 9.78 Å². The van der Waals surface area contributed by atoms with Gasteiger partial charge in [0.2, 0.25) is 0 Å². The maximum Gasteiger partial charge on any atom is 0.251 e. The van der Waals surface area contributed by atoms with Crippen molar-refractivity contribution in [3.05, 3.63) is 53.7 Å². The predicted molar refractivity (Wildman–Crippen MR) is 81.6 cm³/mol. The number of carbonyl (C=O) groups excluding carboxylic acids is 1. The number of rotatable bonds is 2. The normalized spacial score (nSPS) is 11.2. The molecular formula is C17H20N2O. The van der Waals surface area contributed by atoms with Crippen molar-refractivity contribution in [3.8, 4) is 11.3 Å². The van der Waals surface area contributed by atoms with Crippen molar-refractivity contribution in [3.63, 3.8) is 0 Å². The minimum atomic E-state index is -0.228. The number of nitrogens with one attached hydrogen (secondary N) is 1. The van der Waals surface area contributed by atoms with Gasteiger partial charge in [0.25, 0.3) is 5.91 Å². The van der Waals surface area contributed by atoms with E-state index in [9.17, 15) is 4.79 Å². The van der Waals surface area contributed by atoms with Crippen LogP contribution < -0.4 is 5.32 Å². The molecule has 1 aromatic heterocycles. The number of benzene rings is 1. The average Bonchev–Trinajstić information content (AvgIpc) is 2.37. The Morgan fingerprint density at radius 1 is 1.10 bits per heavy atom. The van der Waals surface area contributed by atoms with E-state index in [1.54, 1.807) is 6.20 Å². The molecule has 0 fully saturated rings. The van der Waals surface area contributed by atoms with Crippen LogP contribution in [0.3, 0.4) is 0 Å². The second-order valence-corrected chi connectivity index (χ2v) is 6.00. The summed E-state index contributed by atoms with van der Waals surface area (Å²) in [4.78, 5) is 16.4. The molecule has 104 valence electrons. The molecule has 2 rings (SSSR count). The quantitative estimate of drug-likeness (QED) is 0.904. The summed E-state index contributed by atoms with van der Waals surface area (Å²) in [7, 11) is 0. The molecular weight excluding hydrogens is 248 g/mol. The van der Waals surface area contributed by atoms with Gasteiger partial charge in [0.15, 0.2) is 0 Å². The number of hydrogen-bond acceptors (Lipinski definition) is 2. The number of aryl methyl sites for hydroxylation is 1. The zero-order valence-electron chi connectivity index (χ0n) is 12.4. The minimum Gasteiger partial charge on any atom is -0.347 e. The molecule has 0 spiro atoms. The highest BCUT2D eigenvalue weighted by Crippen LogP contribution is 2.18. The summed E-state index contributed by atoms with van der Waals surface area (Å²) in [5, 5.41) is 2.95. The molecule has 0 unspecified atom stereocenters. The third-order valence-electron chi connectivity index (χ3n) is 2.85. The van der Waals surface area contributed by atoms with Crippen LogP contribution in [0.1, 0.15) is 36.7 Å². The molecule has 0 aliphatic heterocycles. The third kappa shape index (κ3) is 3.67. The van der Waals surface area contributed by atoms with E-state index in [1.807, 2.05) is 64.1 Å². The molecule has 0 radical (unpaired) electrons. The Balaban J connectivity index is 2.20. The van der Waals surface area contributed by atoms with Crippen molar-refractivity contribution in [2.75, 3.05) is 0 Å². The van der Waals surface area contributed by atoms with Gasteiger partial charge in [0.05, 0.1) is 5.69 Å². The van der Waals surface area contributed by atoms with Crippen molar-refractivity contribution in [1.82, 2.24) is 10.3 Å². The Hall–Kier alpha value is -2.16. The average molecular weight is 268 g/mol. The van der Waals surface area contributed by atoms with E-state index in [0.717, 1.165) is 11.3 Å². The summed E-state index contributed by atoms with van der Waals surface area (Å²) < 4.78 is 0. The molecule has 0 atom stereocenters. The van der Waals surface area contributed by atoms with Gasteiger partial charge in [0.1, 0.15) is 0 Å². The third-order valence-corrected chi connectivity index (χ3v) is 2.85. The van der Waals surface area contributed by atoms with Gasteiger partial charge in [-0.25, -0.2) is 0 Å². The van der Waals surface area contributed by atoms with Gasteiger partial charge in [-0.05, 0) is 57.5 Å². The number of hydrogen-bond donors (Lipinski definition) is 1. The van der Waals surface area contributed by atoms with Crippen molar-refractivity contribution in [2.24, 2.45) is 0 Å². The van der Waals surface area contributed by atoms with E-state index in [0.29, 0.717) is 5.56 Å². The lowest BCUT2D eigenvalue weighted by Gasteiger charge is -2.20. The molecule has 2 aromatic rings. The second kappa shape index (κ2) is 5.45. The molecule has 0 aliphatic carbocycles. The molecule has 1 aromatic carbocycles. The van der Waals surface area contributed by atoms with Gasteiger partial charge in [0, 0.05) is 22.9 Å². The molecule has 0 bridgehead atoms. The van der Waals surface area contributed by atoms with Crippen LogP contribution in [0.15, 0.2) is 42.6 Å². The summed E-state index contributed by atoms with van der Waals surface area (Å²) in [6, 6.07) is 11.5. The zero-order valence-corrected chi connectivity index (χ0v) is 12.4. The van der Waals surface area contributed by atoms with Gasteiger partial charge >= 0.3 is 0 Å². The number of amides is 1. The summed E-state index contributed by atoms with van der Waals surface area (Å²) in [5.74, 6) is -0.0544. The first-order valence-corrected chi connectivity index (χ1v) is 6.71. The number of pyridine rings is 1. The molecule has 20 heavy (non-hydrogen) atoms. The van der Waals surface area contributed by atoms with Crippen molar-refractivity contribution in [2.45, 2.75) is 33.2 Å². The van der Waals surface area contributed by atoms with E-state index in [4.69, 9.17) is 0 Å². The SMILES string of the molecule is Cc1ccnc(-c2ccc(C(=O)NC(C)(C)C)cc2)c1. The molecule has 0 saturated carbocycles. The van der Waals surface area contributed by atoms with E-state index in [-0.39, 0.29) is 11.4 Å². The number of carbonyl (C=O) groups is 1. The lowest BCUT2D eigenvalue weighted by Crippen LogP contribution is -2.40. The predicted octanol–water partition coefficient (Wildman–Crippen LogP) is 3.59. The maximum absolute atomic E-state index is 12.0. The van der Waals surface area contributed by atoms with E-state index >= 15 is 0 Å². The zero-order chi connectivity index (χ0) is 14.8. The Labute approximate surface area is 120 Å². The number of nitrogens with zero attached hydrogens (tertiary/aromatic N) is 1. The van der Waals surface area contributed by atoms with Crippen LogP contribution in [0, 0.1) is 6.92 Å². The minimum absolute atomic E-state index is 0.0544. The monoisotopic (exact) mass is 268 g/mol.